The number of hydrogen-bond acceptors (Lipinski definition) is 4. The van der Waals surface area contributed by atoms with Crippen molar-refractivity contribution in [3.63, 3.8) is 0 Å². The molecule has 0 saturated heterocycles. The predicted octanol–water partition coefficient (Wildman–Crippen LogP) is 1.78. The number of nitrogens with one attached hydrogen (secondary N) is 2. The Morgan fingerprint density at radius 1 is 1.21 bits per heavy atom. The maximum absolute atomic E-state index is 12.3. The van der Waals surface area contributed by atoms with Crippen molar-refractivity contribution >= 4 is 11.7 Å². The largest absolute Gasteiger partial charge is 0.345 e. The van der Waals surface area contributed by atoms with E-state index in [1.807, 2.05) is 36.5 Å². The smallest absolute Gasteiger partial charge is 0.338 e. The number of rotatable bonds is 6. The normalized spacial score (nSPS) is 13.1. The van der Waals surface area contributed by atoms with E-state index >= 15 is 0 Å². The second-order valence-electron chi connectivity index (χ2n) is 6.77. The van der Waals surface area contributed by atoms with Crippen LogP contribution in [0.4, 0.5) is 10.5 Å². The molecular formula is C19H23N7O2. The van der Waals surface area contributed by atoms with Crippen molar-refractivity contribution in [3.8, 4) is 5.69 Å². The summed E-state index contributed by atoms with van der Waals surface area (Å²) in [5.41, 5.74) is 1.50. The molecule has 9 nitrogen and oxygen atoms in total. The first-order chi connectivity index (χ1) is 13.7. The summed E-state index contributed by atoms with van der Waals surface area (Å²) in [7, 11) is 0. The first-order valence-corrected chi connectivity index (χ1v) is 9.52. The third kappa shape index (κ3) is 3.98. The van der Waals surface area contributed by atoms with E-state index in [4.69, 9.17) is 0 Å². The fourth-order valence-electron chi connectivity index (χ4n) is 3.35. The molecule has 2 amide bonds. The van der Waals surface area contributed by atoms with Gasteiger partial charge in [-0.05, 0) is 43.5 Å². The summed E-state index contributed by atoms with van der Waals surface area (Å²) in [6.07, 6.45) is 7.16. The molecule has 0 saturated carbocycles. The molecule has 4 rings (SSSR count). The van der Waals surface area contributed by atoms with Gasteiger partial charge in [0.2, 0.25) is 0 Å². The van der Waals surface area contributed by atoms with Crippen LogP contribution in [-0.2, 0) is 19.5 Å². The Labute approximate surface area is 162 Å². The number of anilines is 1. The summed E-state index contributed by atoms with van der Waals surface area (Å²) < 4.78 is 5.00. The Hall–Kier alpha value is -3.36. The average Bonchev–Trinajstić information content (AvgIpc) is 3.35. The highest BCUT2D eigenvalue weighted by Gasteiger charge is 2.16. The van der Waals surface area contributed by atoms with Gasteiger partial charge in [0, 0.05) is 44.1 Å². The van der Waals surface area contributed by atoms with Gasteiger partial charge in [0.25, 0.3) is 0 Å². The number of urea groups is 1. The van der Waals surface area contributed by atoms with Gasteiger partial charge in [0.05, 0.1) is 5.69 Å². The van der Waals surface area contributed by atoms with E-state index in [-0.39, 0.29) is 11.7 Å². The minimum Gasteiger partial charge on any atom is -0.338 e. The second-order valence-corrected chi connectivity index (χ2v) is 6.77. The van der Waals surface area contributed by atoms with Gasteiger partial charge < -0.3 is 10.6 Å². The SMILES string of the molecule is O=C(NCCCn1nc2n(c1=O)CCCC2)Nc1cccc(-n2cccn2)c1. The fraction of sp³-hybridized carbons (Fsp3) is 0.368. The molecule has 2 N–H and O–H groups in total. The third-order valence-corrected chi connectivity index (χ3v) is 4.74. The van der Waals surface area contributed by atoms with Crippen molar-refractivity contribution in [3.05, 3.63) is 59.0 Å². The van der Waals surface area contributed by atoms with Gasteiger partial charge in [-0.3, -0.25) is 4.57 Å². The van der Waals surface area contributed by atoms with Gasteiger partial charge in [-0.25, -0.2) is 19.0 Å². The van der Waals surface area contributed by atoms with Crippen LogP contribution >= 0.6 is 0 Å². The standard InChI is InChI=1S/C19H23N7O2/c27-18(22-15-6-3-7-16(14-15)25-12-5-10-21-25)20-9-4-13-26-19(28)24-11-2-1-8-17(24)23-26/h3,5-7,10,12,14H,1-2,4,8-9,11,13H2,(H2,20,22,27). The summed E-state index contributed by atoms with van der Waals surface area (Å²) in [6, 6.07) is 9.00. The number of benzene rings is 1. The lowest BCUT2D eigenvalue weighted by atomic mass is 10.2. The number of amides is 2. The highest BCUT2D eigenvalue weighted by atomic mass is 16.2. The summed E-state index contributed by atoms with van der Waals surface area (Å²) in [6.45, 7) is 1.71. The number of carbonyl (C=O) groups is 1. The molecule has 1 aliphatic heterocycles. The Morgan fingerprint density at radius 2 is 2.14 bits per heavy atom. The van der Waals surface area contributed by atoms with Crippen LogP contribution in [0.2, 0.25) is 0 Å². The monoisotopic (exact) mass is 381 g/mol. The number of aromatic nitrogens is 5. The molecule has 146 valence electrons. The highest BCUT2D eigenvalue weighted by molar-refractivity contribution is 5.89. The van der Waals surface area contributed by atoms with E-state index in [1.165, 1.54) is 4.68 Å². The number of hydrogen-bond donors (Lipinski definition) is 2. The molecule has 28 heavy (non-hydrogen) atoms. The van der Waals surface area contributed by atoms with Gasteiger partial charge in [0.15, 0.2) is 0 Å². The molecule has 0 atom stereocenters. The van der Waals surface area contributed by atoms with E-state index < -0.39 is 0 Å². The molecule has 0 spiro atoms. The van der Waals surface area contributed by atoms with Crippen LogP contribution in [-0.4, -0.2) is 36.7 Å². The highest BCUT2D eigenvalue weighted by Crippen LogP contribution is 2.13. The molecule has 3 heterocycles. The molecule has 1 aliphatic rings. The van der Waals surface area contributed by atoms with Crippen LogP contribution in [0.1, 0.15) is 25.1 Å². The van der Waals surface area contributed by atoms with Gasteiger partial charge >= 0.3 is 11.7 Å². The predicted molar refractivity (Wildman–Crippen MR) is 105 cm³/mol. The van der Waals surface area contributed by atoms with E-state index in [1.54, 1.807) is 15.4 Å². The summed E-state index contributed by atoms with van der Waals surface area (Å²) in [5.74, 6) is 0.874. The van der Waals surface area contributed by atoms with Crippen LogP contribution in [0.3, 0.4) is 0 Å². The van der Waals surface area contributed by atoms with Crippen molar-refractivity contribution in [2.45, 2.75) is 38.8 Å². The molecule has 2 aromatic heterocycles. The summed E-state index contributed by atoms with van der Waals surface area (Å²) in [4.78, 5) is 24.4. The van der Waals surface area contributed by atoms with Crippen molar-refractivity contribution in [2.75, 3.05) is 11.9 Å². The zero-order chi connectivity index (χ0) is 19.3. The Bertz CT molecular complexity index is 1000. The third-order valence-electron chi connectivity index (χ3n) is 4.74. The summed E-state index contributed by atoms with van der Waals surface area (Å²) >= 11 is 0. The Morgan fingerprint density at radius 3 is 2.96 bits per heavy atom. The van der Waals surface area contributed by atoms with Crippen LogP contribution in [0.5, 0.6) is 0 Å². The number of aryl methyl sites for hydroxylation is 2. The molecule has 0 unspecified atom stereocenters. The molecule has 0 fully saturated rings. The maximum atomic E-state index is 12.3. The molecule has 0 bridgehead atoms. The first kappa shape index (κ1) is 18.0. The van der Waals surface area contributed by atoms with E-state index in [0.717, 1.165) is 37.3 Å². The summed E-state index contributed by atoms with van der Waals surface area (Å²) in [5, 5.41) is 14.2. The van der Waals surface area contributed by atoms with Crippen molar-refractivity contribution in [1.82, 2.24) is 29.4 Å². The topological polar surface area (TPSA) is 98.8 Å². The molecular weight excluding hydrogens is 358 g/mol. The lowest BCUT2D eigenvalue weighted by molar-refractivity contribution is 0.251. The lowest BCUT2D eigenvalue weighted by Crippen LogP contribution is -2.31. The average molecular weight is 381 g/mol. The van der Waals surface area contributed by atoms with Gasteiger partial charge in [0.1, 0.15) is 5.82 Å². The van der Waals surface area contributed by atoms with Crippen LogP contribution in [0.15, 0.2) is 47.5 Å². The molecule has 0 aliphatic carbocycles. The van der Waals surface area contributed by atoms with Gasteiger partial charge in [-0.1, -0.05) is 6.07 Å². The Balaban J connectivity index is 1.26. The van der Waals surface area contributed by atoms with Gasteiger partial charge in [-0.2, -0.15) is 10.2 Å². The minimum atomic E-state index is -0.283. The van der Waals surface area contributed by atoms with Crippen molar-refractivity contribution in [2.24, 2.45) is 0 Å². The minimum absolute atomic E-state index is 0.0467. The van der Waals surface area contributed by atoms with Crippen molar-refractivity contribution in [1.29, 1.82) is 0 Å². The number of nitrogens with zero attached hydrogens (tertiary/aromatic N) is 5. The Kier molecular flexibility index (Phi) is 5.22. The van der Waals surface area contributed by atoms with E-state index in [2.05, 4.69) is 20.8 Å². The molecule has 3 aromatic rings. The van der Waals surface area contributed by atoms with Gasteiger partial charge in [-0.15, -0.1) is 0 Å². The maximum Gasteiger partial charge on any atom is 0.345 e. The quantitative estimate of drug-likeness (QED) is 0.636. The molecule has 1 aromatic carbocycles. The van der Waals surface area contributed by atoms with Crippen LogP contribution in [0.25, 0.3) is 5.69 Å². The number of fused-ring (bicyclic) bond motifs is 1. The molecule has 0 radical (unpaired) electrons. The second kappa shape index (κ2) is 8.12. The zero-order valence-electron chi connectivity index (χ0n) is 15.5. The van der Waals surface area contributed by atoms with Crippen LogP contribution in [0, 0.1) is 0 Å². The fourth-order valence-corrected chi connectivity index (χ4v) is 3.35. The van der Waals surface area contributed by atoms with Crippen LogP contribution < -0.4 is 16.3 Å². The lowest BCUT2D eigenvalue weighted by Gasteiger charge is -2.09. The van der Waals surface area contributed by atoms with E-state index in [0.29, 0.717) is 25.2 Å². The molecule has 9 heteroatoms. The number of carbonyl (C=O) groups excluding carboxylic acids is 1. The van der Waals surface area contributed by atoms with Crippen molar-refractivity contribution < 1.29 is 4.79 Å². The first-order valence-electron chi connectivity index (χ1n) is 9.52. The zero-order valence-corrected chi connectivity index (χ0v) is 15.5. The van der Waals surface area contributed by atoms with E-state index in [9.17, 15) is 9.59 Å².